The first-order valence-corrected chi connectivity index (χ1v) is 3.12. The molecule has 0 bridgehead atoms. The molecule has 0 atom stereocenters. The van der Waals surface area contributed by atoms with E-state index >= 15 is 0 Å². The van der Waals surface area contributed by atoms with Gasteiger partial charge in [0.05, 0.1) is 6.54 Å². The Morgan fingerprint density at radius 2 is 2.30 bits per heavy atom. The standard InChI is InChI=1S/C8H12FN/c1-4-5-7(2)8(9)6-10-3/h4-5H,3,6H2,1-2H3/b5-4+,8-7-. The summed E-state index contributed by atoms with van der Waals surface area (Å²) in [5.74, 6) is -0.215. The summed E-state index contributed by atoms with van der Waals surface area (Å²) in [6.45, 7) is 6.83. The third-order valence-corrected chi connectivity index (χ3v) is 1.10. The quantitative estimate of drug-likeness (QED) is 0.423. The summed E-state index contributed by atoms with van der Waals surface area (Å²) < 4.78 is 12.7. The van der Waals surface area contributed by atoms with Crippen LogP contribution < -0.4 is 0 Å². The second-order valence-corrected chi connectivity index (χ2v) is 1.97. The molecule has 56 valence electrons. The molecule has 0 saturated heterocycles. The van der Waals surface area contributed by atoms with Crippen molar-refractivity contribution in [3.8, 4) is 0 Å². The molecule has 0 aromatic carbocycles. The molecule has 0 aromatic heterocycles. The highest BCUT2D eigenvalue weighted by molar-refractivity contribution is 5.26. The zero-order valence-electron chi connectivity index (χ0n) is 6.39. The Kier molecular flexibility index (Phi) is 4.46. The van der Waals surface area contributed by atoms with Crippen LogP contribution in [0.2, 0.25) is 0 Å². The van der Waals surface area contributed by atoms with E-state index in [0.29, 0.717) is 5.57 Å². The van der Waals surface area contributed by atoms with E-state index in [2.05, 4.69) is 11.7 Å². The van der Waals surface area contributed by atoms with Crippen molar-refractivity contribution < 1.29 is 4.39 Å². The Morgan fingerprint density at radius 1 is 1.70 bits per heavy atom. The van der Waals surface area contributed by atoms with Crippen LogP contribution in [0.15, 0.2) is 28.5 Å². The Hall–Kier alpha value is -0.920. The minimum Gasteiger partial charge on any atom is -0.294 e. The van der Waals surface area contributed by atoms with Crippen LogP contribution in [0.5, 0.6) is 0 Å². The highest BCUT2D eigenvalue weighted by Crippen LogP contribution is 2.06. The average Bonchev–Trinajstić information content (AvgIpc) is 1.89. The summed E-state index contributed by atoms with van der Waals surface area (Å²) in [4.78, 5) is 3.42. The van der Waals surface area contributed by atoms with Crippen LogP contribution in [-0.4, -0.2) is 13.3 Å². The summed E-state index contributed by atoms with van der Waals surface area (Å²) in [6.07, 6.45) is 3.50. The van der Waals surface area contributed by atoms with Crippen LogP contribution in [0.3, 0.4) is 0 Å². The maximum Gasteiger partial charge on any atom is 0.124 e. The molecular weight excluding hydrogens is 129 g/mol. The van der Waals surface area contributed by atoms with E-state index in [-0.39, 0.29) is 12.4 Å². The van der Waals surface area contributed by atoms with Gasteiger partial charge in [-0.25, -0.2) is 4.39 Å². The molecule has 0 saturated carbocycles. The van der Waals surface area contributed by atoms with Crippen molar-refractivity contribution in [2.24, 2.45) is 4.99 Å². The van der Waals surface area contributed by atoms with E-state index < -0.39 is 0 Å². The van der Waals surface area contributed by atoms with Gasteiger partial charge in [0, 0.05) is 0 Å². The fourth-order valence-electron chi connectivity index (χ4n) is 0.563. The first kappa shape index (κ1) is 9.08. The lowest BCUT2D eigenvalue weighted by Crippen LogP contribution is -1.83. The minimum atomic E-state index is -0.215. The molecule has 0 spiro atoms. The van der Waals surface area contributed by atoms with Gasteiger partial charge < -0.3 is 0 Å². The monoisotopic (exact) mass is 141 g/mol. The second kappa shape index (κ2) is 4.91. The average molecular weight is 141 g/mol. The Balaban J connectivity index is 4.17. The van der Waals surface area contributed by atoms with Crippen LogP contribution in [0, 0.1) is 0 Å². The summed E-state index contributed by atoms with van der Waals surface area (Å²) in [5.41, 5.74) is 0.620. The van der Waals surface area contributed by atoms with Crippen LogP contribution in [0.4, 0.5) is 4.39 Å². The van der Waals surface area contributed by atoms with Gasteiger partial charge in [0.15, 0.2) is 0 Å². The van der Waals surface area contributed by atoms with E-state index in [9.17, 15) is 4.39 Å². The molecule has 0 amide bonds. The lowest BCUT2D eigenvalue weighted by atomic mass is 10.2. The molecule has 0 radical (unpaired) electrons. The van der Waals surface area contributed by atoms with Gasteiger partial charge in [-0.15, -0.1) is 0 Å². The summed E-state index contributed by atoms with van der Waals surface area (Å²) in [7, 11) is 0. The summed E-state index contributed by atoms with van der Waals surface area (Å²) in [6, 6.07) is 0. The molecule has 2 heteroatoms. The van der Waals surface area contributed by atoms with Crippen LogP contribution >= 0.6 is 0 Å². The van der Waals surface area contributed by atoms with E-state index in [1.54, 1.807) is 19.1 Å². The minimum absolute atomic E-state index is 0.0795. The van der Waals surface area contributed by atoms with Crippen molar-refractivity contribution in [2.75, 3.05) is 6.54 Å². The first-order valence-electron chi connectivity index (χ1n) is 3.12. The number of nitrogens with zero attached hydrogens (tertiary/aromatic N) is 1. The van der Waals surface area contributed by atoms with Crippen LogP contribution in [0.25, 0.3) is 0 Å². The van der Waals surface area contributed by atoms with Crippen molar-refractivity contribution in [3.63, 3.8) is 0 Å². The first-order chi connectivity index (χ1) is 4.72. The fraction of sp³-hybridized carbons (Fsp3) is 0.375. The molecule has 0 aliphatic heterocycles. The Morgan fingerprint density at radius 3 is 2.70 bits per heavy atom. The number of rotatable bonds is 3. The zero-order valence-corrected chi connectivity index (χ0v) is 6.39. The van der Waals surface area contributed by atoms with Gasteiger partial charge in [-0.05, 0) is 26.1 Å². The number of hydrogen-bond acceptors (Lipinski definition) is 1. The predicted molar refractivity (Wildman–Crippen MR) is 43.0 cm³/mol. The SMILES string of the molecule is C=NC/C(F)=C(C)/C=C/C. The molecule has 0 heterocycles. The van der Waals surface area contributed by atoms with Gasteiger partial charge in [-0.2, -0.15) is 0 Å². The highest BCUT2D eigenvalue weighted by atomic mass is 19.1. The lowest BCUT2D eigenvalue weighted by molar-refractivity contribution is 0.611. The van der Waals surface area contributed by atoms with Crippen molar-refractivity contribution >= 4 is 6.72 Å². The molecule has 0 unspecified atom stereocenters. The molecular formula is C8H12FN. The maximum absolute atomic E-state index is 12.7. The number of allylic oxidation sites excluding steroid dienone is 3. The third kappa shape index (κ3) is 3.17. The summed E-state index contributed by atoms with van der Waals surface area (Å²) >= 11 is 0. The molecule has 0 aliphatic carbocycles. The topological polar surface area (TPSA) is 12.4 Å². The van der Waals surface area contributed by atoms with Gasteiger partial charge in [0.2, 0.25) is 0 Å². The Bertz CT molecular complexity index is 168. The van der Waals surface area contributed by atoms with Crippen LogP contribution in [0.1, 0.15) is 13.8 Å². The molecule has 0 N–H and O–H groups in total. The van der Waals surface area contributed by atoms with E-state index in [0.717, 1.165) is 0 Å². The largest absolute Gasteiger partial charge is 0.294 e. The number of aliphatic imine (C=N–C) groups is 1. The normalized spacial score (nSPS) is 13.5. The smallest absolute Gasteiger partial charge is 0.124 e. The van der Waals surface area contributed by atoms with Gasteiger partial charge in [0.25, 0.3) is 0 Å². The number of halogens is 1. The van der Waals surface area contributed by atoms with Crippen molar-refractivity contribution in [3.05, 3.63) is 23.6 Å². The van der Waals surface area contributed by atoms with E-state index in [1.165, 1.54) is 0 Å². The molecule has 0 fully saturated rings. The molecule has 0 aliphatic rings. The van der Waals surface area contributed by atoms with Gasteiger partial charge in [-0.1, -0.05) is 12.2 Å². The van der Waals surface area contributed by atoms with Gasteiger partial charge in [0.1, 0.15) is 5.83 Å². The molecule has 0 aromatic rings. The molecule has 1 nitrogen and oxygen atoms in total. The van der Waals surface area contributed by atoms with Crippen molar-refractivity contribution in [1.82, 2.24) is 0 Å². The molecule has 10 heavy (non-hydrogen) atoms. The second-order valence-electron chi connectivity index (χ2n) is 1.97. The van der Waals surface area contributed by atoms with Gasteiger partial charge >= 0.3 is 0 Å². The molecule has 0 rings (SSSR count). The Labute approximate surface area is 61.0 Å². The van der Waals surface area contributed by atoms with E-state index in [4.69, 9.17) is 0 Å². The van der Waals surface area contributed by atoms with Crippen molar-refractivity contribution in [2.45, 2.75) is 13.8 Å². The number of hydrogen-bond donors (Lipinski definition) is 0. The maximum atomic E-state index is 12.7. The van der Waals surface area contributed by atoms with Crippen molar-refractivity contribution in [1.29, 1.82) is 0 Å². The zero-order chi connectivity index (χ0) is 7.98. The van der Waals surface area contributed by atoms with Gasteiger partial charge in [-0.3, -0.25) is 4.99 Å². The third-order valence-electron chi connectivity index (χ3n) is 1.10. The van der Waals surface area contributed by atoms with Crippen LogP contribution in [-0.2, 0) is 0 Å². The highest BCUT2D eigenvalue weighted by Gasteiger charge is 1.94. The predicted octanol–water partition coefficient (Wildman–Crippen LogP) is 2.51. The van der Waals surface area contributed by atoms with E-state index in [1.807, 2.05) is 6.92 Å². The summed E-state index contributed by atoms with van der Waals surface area (Å²) in [5, 5.41) is 0. The fourth-order valence-corrected chi connectivity index (χ4v) is 0.563. The lowest BCUT2D eigenvalue weighted by Gasteiger charge is -1.93.